The Hall–Kier alpha value is -2.76. The lowest BCUT2D eigenvalue weighted by Gasteiger charge is -2.10. The molecule has 0 bridgehead atoms. The number of nitrogens with one attached hydrogen (secondary N) is 2. The van der Waals surface area contributed by atoms with Gasteiger partial charge in [-0.25, -0.2) is 9.97 Å². The van der Waals surface area contributed by atoms with E-state index in [2.05, 4.69) is 20.6 Å². The number of ketones is 1. The van der Waals surface area contributed by atoms with Gasteiger partial charge in [0.05, 0.1) is 0 Å². The topological polar surface area (TPSA) is 84.0 Å². The highest BCUT2D eigenvalue weighted by Crippen LogP contribution is 2.16. The molecule has 0 saturated heterocycles. The van der Waals surface area contributed by atoms with E-state index in [1.165, 1.54) is 6.92 Å². The van der Waals surface area contributed by atoms with E-state index in [-0.39, 0.29) is 11.7 Å². The normalized spacial score (nSPS) is 10.5. The molecule has 1 aromatic heterocycles. The molecule has 0 saturated carbocycles. The van der Waals surface area contributed by atoms with Crippen molar-refractivity contribution in [3.63, 3.8) is 0 Å². The molecule has 0 aliphatic carbocycles. The zero-order chi connectivity index (χ0) is 17.7. The zero-order valence-corrected chi connectivity index (χ0v) is 14.4. The highest BCUT2D eigenvalue weighted by atomic mass is 16.1. The van der Waals surface area contributed by atoms with Crippen LogP contribution in [0.25, 0.3) is 0 Å². The first kappa shape index (κ1) is 17.6. The quantitative estimate of drug-likeness (QED) is 0.797. The molecule has 0 aliphatic heterocycles. The van der Waals surface area contributed by atoms with Gasteiger partial charge in [0.15, 0.2) is 5.78 Å². The molecule has 0 radical (unpaired) electrons. The van der Waals surface area contributed by atoms with E-state index >= 15 is 0 Å². The van der Waals surface area contributed by atoms with Crippen LogP contribution in [0.1, 0.15) is 47.4 Å². The molecule has 2 aromatic rings. The van der Waals surface area contributed by atoms with Gasteiger partial charge in [-0.05, 0) is 44.0 Å². The van der Waals surface area contributed by atoms with Crippen molar-refractivity contribution in [3.05, 3.63) is 47.4 Å². The minimum atomic E-state index is -0.218. The van der Waals surface area contributed by atoms with Crippen LogP contribution in [0.2, 0.25) is 0 Å². The standard InChI is InChI=1S/C18H22N4O2/c1-11(2)10-19-18(24)16-9-17(21-13(4)20-16)22-15-7-5-14(6-8-15)12(3)23/h5-9,11H,10H2,1-4H3,(H,19,24)(H,20,21,22). The summed E-state index contributed by atoms with van der Waals surface area (Å²) in [6.07, 6.45) is 0. The van der Waals surface area contributed by atoms with Gasteiger partial charge in [-0.1, -0.05) is 13.8 Å². The van der Waals surface area contributed by atoms with Crippen LogP contribution in [0.5, 0.6) is 0 Å². The molecule has 0 aliphatic rings. The predicted octanol–water partition coefficient (Wildman–Crippen LogP) is 3.12. The second kappa shape index (κ2) is 7.68. The van der Waals surface area contributed by atoms with Crippen molar-refractivity contribution in [2.45, 2.75) is 27.7 Å². The summed E-state index contributed by atoms with van der Waals surface area (Å²) < 4.78 is 0. The van der Waals surface area contributed by atoms with E-state index in [0.717, 1.165) is 5.69 Å². The van der Waals surface area contributed by atoms with Crippen LogP contribution in [-0.4, -0.2) is 28.2 Å². The predicted molar refractivity (Wildman–Crippen MR) is 93.7 cm³/mol. The van der Waals surface area contributed by atoms with Crippen molar-refractivity contribution >= 4 is 23.2 Å². The van der Waals surface area contributed by atoms with Gasteiger partial charge in [-0.15, -0.1) is 0 Å². The molecular formula is C18H22N4O2. The lowest BCUT2D eigenvalue weighted by molar-refractivity contribution is 0.0942. The van der Waals surface area contributed by atoms with Gasteiger partial charge in [0, 0.05) is 23.9 Å². The summed E-state index contributed by atoms with van der Waals surface area (Å²) >= 11 is 0. The number of aromatic nitrogens is 2. The third-order valence-corrected chi connectivity index (χ3v) is 3.31. The van der Waals surface area contributed by atoms with Crippen LogP contribution < -0.4 is 10.6 Å². The molecule has 126 valence electrons. The van der Waals surface area contributed by atoms with Gasteiger partial charge in [0.2, 0.25) is 0 Å². The Morgan fingerprint density at radius 2 is 1.79 bits per heavy atom. The number of nitrogens with zero attached hydrogens (tertiary/aromatic N) is 2. The number of amides is 1. The van der Waals surface area contributed by atoms with Crippen LogP contribution in [-0.2, 0) is 0 Å². The fourth-order valence-electron chi connectivity index (χ4n) is 2.07. The molecular weight excluding hydrogens is 304 g/mol. The summed E-state index contributed by atoms with van der Waals surface area (Å²) in [5, 5.41) is 5.97. The zero-order valence-electron chi connectivity index (χ0n) is 14.4. The van der Waals surface area contributed by atoms with Crippen molar-refractivity contribution in [2.75, 3.05) is 11.9 Å². The fraction of sp³-hybridized carbons (Fsp3) is 0.333. The lowest BCUT2D eigenvalue weighted by atomic mass is 10.1. The second-order valence-corrected chi connectivity index (χ2v) is 6.05. The number of benzene rings is 1. The number of carbonyl (C=O) groups excluding carboxylic acids is 2. The molecule has 0 unspecified atom stereocenters. The van der Waals surface area contributed by atoms with Gasteiger partial charge in [-0.2, -0.15) is 0 Å². The first-order chi connectivity index (χ1) is 11.3. The number of carbonyl (C=O) groups is 2. The maximum absolute atomic E-state index is 12.2. The summed E-state index contributed by atoms with van der Waals surface area (Å²) in [5.74, 6) is 1.21. The summed E-state index contributed by atoms with van der Waals surface area (Å²) in [6, 6.07) is 8.70. The van der Waals surface area contributed by atoms with Crippen LogP contribution in [0, 0.1) is 12.8 Å². The van der Waals surface area contributed by atoms with Gasteiger partial charge in [0.1, 0.15) is 17.3 Å². The molecule has 1 aromatic carbocycles. The van der Waals surface area contributed by atoms with Crippen molar-refractivity contribution in [1.29, 1.82) is 0 Å². The Kier molecular flexibility index (Phi) is 5.63. The van der Waals surface area contributed by atoms with Crippen LogP contribution in [0.15, 0.2) is 30.3 Å². The maximum atomic E-state index is 12.2. The number of rotatable bonds is 6. The van der Waals surface area contributed by atoms with E-state index < -0.39 is 0 Å². The third-order valence-electron chi connectivity index (χ3n) is 3.31. The molecule has 2 N–H and O–H groups in total. The molecule has 6 heteroatoms. The largest absolute Gasteiger partial charge is 0.350 e. The van der Waals surface area contributed by atoms with Crippen molar-refractivity contribution in [2.24, 2.45) is 5.92 Å². The monoisotopic (exact) mass is 326 g/mol. The second-order valence-electron chi connectivity index (χ2n) is 6.05. The summed E-state index contributed by atoms with van der Waals surface area (Å²) in [5.41, 5.74) is 1.76. The smallest absolute Gasteiger partial charge is 0.270 e. The number of anilines is 2. The average Bonchev–Trinajstić information content (AvgIpc) is 2.52. The summed E-state index contributed by atoms with van der Waals surface area (Å²) in [6.45, 7) is 7.92. The minimum Gasteiger partial charge on any atom is -0.350 e. The van der Waals surface area contributed by atoms with Crippen molar-refractivity contribution in [1.82, 2.24) is 15.3 Å². The summed E-state index contributed by atoms with van der Waals surface area (Å²) in [7, 11) is 0. The van der Waals surface area contributed by atoms with E-state index in [1.807, 2.05) is 13.8 Å². The highest BCUT2D eigenvalue weighted by molar-refractivity contribution is 5.94. The molecule has 2 rings (SSSR count). The van der Waals surface area contributed by atoms with E-state index in [4.69, 9.17) is 0 Å². The number of hydrogen-bond acceptors (Lipinski definition) is 5. The van der Waals surface area contributed by atoms with Crippen molar-refractivity contribution < 1.29 is 9.59 Å². The SMILES string of the molecule is CC(=O)c1ccc(Nc2cc(C(=O)NCC(C)C)nc(C)n2)cc1. The van der Waals surface area contributed by atoms with Gasteiger partial charge >= 0.3 is 0 Å². The molecule has 0 spiro atoms. The summed E-state index contributed by atoms with van der Waals surface area (Å²) in [4.78, 5) is 31.9. The van der Waals surface area contributed by atoms with Crippen LogP contribution >= 0.6 is 0 Å². The first-order valence-electron chi connectivity index (χ1n) is 7.87. The Bertz CT molecular complexity index is 739. The molecule has 24 heavy (non-hydrogen) atoms. The van der Waals surface area contributed by atoms with E-state index in [9.17, 15) is 9.59 Å². The molecule has 1 amide bonds. The lowest BCUT2D eigenvalue weighted by Crippen LogP contribution is -2.28. The van der Waals surface area contributed by atoms with Gasteiger partial charge in [-0.3, -0.25) is 9.59 Å². The van der Waals surface area contributed by atoms with Gasteiger partial charge < -0.3 is 10.6 Å². The van der Waals surface area contributed by atoms with Crippen LogP contribution in [0.3, 0.4) is 0 Å². The number of hydrogen-bond donors (Lipinski definition) is 2. The molecule has 6 nitrogen and oxygen atoms in total. The molecule has 0 atom stereocenters. The van der Waals surface area contributed by atoms with E-state index in [0.29, 0.717) is 35.4 Å². The van der Waals surface area contributed by atoms with Gasteiger partial charge in [0.25, 0.3) is 5.91 Å². The number of aryl methyl sites for hydroxylation is 1. The highest BCUT2D eigenvalue weighted by Gasteiger charge is 2.11. The Morgan fingerprint density at radius 1 is 1.12 bits per heavy atom. The minimum absolute atomic E-state index is 0.0172. The number of Topliss-reactive ketones (excluding diaryl/α,β-unsaturated/α-hetero) is 1. The maximum Gasteiger partial charge on any atom is 0.270 e. The fourth-order valence-corrected chi connectivity index (χ4v) is 2.07. The van der Waals surface area contributed by atoms with Crippen molar-refractivity contribution in [3.8, 4) is 0 Å². The van der Waals surface area contributed by atoms with E-state index in [1.54, 1.807) is 37.3 Å². The van der Waals surface area contributed by atoms with Crippen LogP contribution in [0.4, 0.5) is 11.5 Å². The molecule has 1 heterocycles. The first-order valence-corrected chi connectivity index (χ1v) is 7.87. The Balaban J connectivity index is 2.15. The molecule has 0 fully saturated rings. The third kappa shape index (κ3) is 4.87. The average molecular weight is 326 g/mol. The Labute approximate surface area is 141 Å². The Morgan fingerprint density at radius 3 is 2.38 bits per heavy atom.